The largest absolute Gasteiger partial charge is 0.526 e. The van der Waals surface area contributed by atoms with Crippen molar-refractivity contribution < 1.29 is 14.5 Å². The van der Waals surface area contributed by atoms with Gasteiger partial charge in [0.05, 0.1) is 12.0 Å². The van der Waals surface area contributed by atoms with Gasteiger partial charge in [0.2, 0.25) is 0 Å². The van der Waals surface area contributed by atoms with Gasteiger partial charge in [-0.2, -0.15) is 0 Å². The van der Waals surface area contributed by atoms with Crippen LogP contribution < -0.4 is 5.66 Å². The molecule has 0 aliphatic heterocycles. The molecular formula is C7H7BN2O3. The van der Waals surface area contributed by atoms with E-state index in [4.69, 9.17) is 14.5 Å². The highest BCUT2D eigenvalue weighted by Gasteiger charge is 2.16. The number of furan rings is 1. The third kappa shape index (κ3) is 1.49. The van der Waals surface area contributed by atoms with Crippen molar-refractivity contribution in [1.82, 2.24) is 9.55 Å². The van der Waals surface area contributed by atoms with E-state index in [0.717, 1.165) is 0 Å². The molecule has 0 radical (unpaired) electrons. The van der Waals surface area contributed by atoms with E-state index in [1.807, 2.05) is 0 Å². The molecule has 2 rings (SSSR count). The van der Waals surface area contributed by atoms with Crippen LogP contribution in [0.3, 0.4) is 0 Å². The molecule has 2 heterocycles. The summed E-state index contributed by atoms with van der Waals surface area (Å²) in [5, 5.41) is 17.5. The molecule has 5 nitrogen and oxygen atoms in total. The fourth-order valence-corrected chi connectivity index (χ4v) is 1.02. The summed E-state index contributed by atoms with van der Waals surface area (Å²) in [6, 6.07) is 1.53. The van der Waals surface area contributed by atoms with Gasteiger partial charge in [-0.15, -0.1) is 0 Å². The van der Waals surface area contributed by atoms with Crippen LogP contribution in [0.5, 0.6) is 0 Å². The molecule has 0 spiro atoms. The Morgan fingerprint density at radius 3 is 2.85 bits per heavy atom. The van der Waals surface area contributed by atoms with Crippen molar-refractivity contribution in [2.24, 2.45) is 0 Å². The molecule has 0 saturated heterocycles. The molecule has 0 atom stereocenters. The second-order valence-corrected chi connectivity index (χ2v) is 2.55. The molecule has 0 aliphatic rings. The van der Waals surface area contributed by atoms with Crippen molar-refractivity contribution >= 4 is 12.8 Å². The van der Waals surface area contributed by atoms with Crippen LogP contribution in [0.2, 0.25) is 0 Å². The van der Waals surface area contributed by atoms with Gasteiger partial charge in [0.25, 0.3) is 0 Å². The Balaban J connectivity index is 2.33. The Bertz CT molecular complexity index is 382. The normalized spacial score (nSPS) is 10.3. The maximum absolute atomic E-state index is 8.77. The van der Waals surface area contributed by atoms with Crippen LogP contribution in [-0.4, -0.2) is 26.7 Å². The van der Waals surface area contributed by atoms with E-state index in [9.17, 15) is 0 Å². The summed E-state index contributed by atoms with van der Waals surface area (Å²) in [5.41, 5.74) is 0.823. The molecular weight excluding hydrogens is 171 g/mol. The highest BCUT2D eigenvalue weighted by Crippen LogP contribution is 2.05. The molecule has 2 aromatic heterocycles. The maximum Gasteiger partial charge on any atom is 0.526 e. The lowest BCUT2D eigenvalue weighted by Gasteiger charge is -1.92. The quantitative estimate of drug-likeness (QED) is 0.587. The van der Waals surface area contributed by atoms with Gasteiger partial charge in [-0.25, -0.2) is 4.98 Å². The highest BCUT2D eigenvalue weighted by atomic mass is 16.4. The van der Waals surface area contributed by atoms with Gasteiger partial charge in [-0.3, -0.25) is 0 Å². The lowest BCUT2D eigenvalue weighted by molar-refractivity contribution is 0.409. The zero-order valence-corrected chi connectivity index (χ0v) is 6.66. The zero-order chi connectivity index (χ0) is 9.26. The van der Waals surface area contributed by atoms with E-state index in [-0.39, 0.29) is 5.66 Å². The summed E-state index contributed by atoms with van der Waals surface area (Å²) in [4.78, 5) is 3.85. The monoisotopic (exact) mass is 178 g/mol. The molecule has 0 bridgehead atoms. The Hall–Kier alpha value is -1.53. The summed E-state index contributed by atoms with van der Waals surface area (Å²) in [5.74, 6) is 0. The maximum atomic E-state index is 8.77. The molecule has 0 aromatic carbocycles. The van der Waals surface area contributed by atoms with E-state index in [2.05, 4.69) is 4.98 Å². The molecule has 6 heteroatoms. The second-order valence-electron chi connectivity index (χ2n) is 2.55. The van der Waals surface area contributed by atoms with Crippen LogP contribution in [0.1, 0.15) is 0 Å². The van der Waals surface area contributed by atoms with Gasteiger partial charge >= 0.3 is 7.12 Å². The number of hydrogen-bond acceptors (Lipinski definition) is 4. The molecule has 13 heavy (non-hydrogen) atoms. The Morgan fingerprint density at radius 1 is 1.46 bits per heavy atom. The lowest BCUT2D eigenvalue weighted by Crippen LogP contribution is -2.28. The second kappa shape index (κ2) is 3.08. The van der Waals surface area contributed by atoms with E-state index >= 15 is 0 Å². The first-order valence-corrected chi connectivity index (χ1v) is 3.70. The minimum Gasteiger partial charge on any atom is -0.471 e. The first-order valence-electron chi connectivity index (χ1n) is 3.70. The molecule has 0 unspecified atom stereocenters. The van der Waals surface area contributed by atoms with Crippen LogP contribution >= 0.6 is 0 Å². The van der Waals surface area contributed by atoms with Crippen LogP contribution in [0.15, 0.2) is 35.5 Å². The van der Waals surface area contributed by atoms with Gasteiger partial charge in [0, 0.05) is 18.5 Å². The molecule has 0 aliphatic carbocycles. The van der Waals surface area contributed by atoms with Gasteiger partial charge in [-0.05, 0) is 0 Å². The average Bonchev–Trinajstić information content (AvgIpc) is 2.75. The van der Waals surface area contributed by atoms with Gasteiger partial charge in [0.1, 0.15) is 11.9 Å². The van der Waals surface area contributed by atoms with Crippen LogP contribution in [0.25, 0.3) is 5.69 Å². The third-order valence-corrected chi connectivity index (χ3v) is 1.66. The summed E-state index contributed by atoms with van der Waals surface area (Å²) in [6.07, 6.45) is 6.38. The molecule has 0 fully saturated rings. The van der Waals surface area contributed by atoms with E-state index < -0.39 is 7.12 Å². The minimum atomic E-state index is -1.57. The topological polar surface area (TPSA) is 71.4 Å². The van der Waals surface area contributed by atoms with Gasteiger partial charge in [0.15, 0.2) is 0 Å². The van der Waals surface area contributed by atoms with Crippen LogP contribution in [-0.2, 0) is 0 Å². The predicted molar refractivity (Wildman–Crippen MR) is 45.7 cm³/mol. The molecule has 0 amide bonds. The Kier molecular flexibility index (Phi) is 1.92. The van der Waals surface area contributed by atoms with Gasteiger partial charge in [-0.1, -0.05) is 0 Å². The molecule has 2 aromatic rings. The van der Waals surface area contributed by atoms with Crippen LogP contribution in [0, 0.1) is 0 Å². The lowest BCUT2D eigenvalue weighted by atomic mass is 9.88. The SMILES string of the molecule is OB(O)c1cc(-n2ccnc2)co1. The fraction of sp³-hybridized carbons (Fsp3) is 0. The molecule has 2 N–H and O–H groups in total. The highest BCUT2D eigenvalue weighted by molar-refractivity contribution is 6.57. The summed E-state index contributed by atoms with van der Waals surface area (Å²) in [7, 11) is -1.57. The Morgan fingerprint density at radius 2 is 2.31 bits per heavy atom. The number of aromatic nitrogens is 2. The smallest absolute Gasteiger partial charge is 0.471 e. The molecule has 0 saturated carbocycles. The van der Waals surface area contributed by atoms with E-state index in [1.165, 1.54) is 12.3 Å². The zero-order valence-electron chi connectivity index (χ0n) is 6.66. The number of nitrogens with zero attached hydrogens (tertiary/aromatic N) is 2. The van der Waals surface area contributed by atoms with E-state index in [0.29, 0.717) is 5.69 Å². The van der Waals surface area contributed by atoms with Crippen molar-refractivity contribution in [3.63, 3.8) is 0 Å². The Labute approximate surface area is 74.4 Å². The third-order valence-electron chi connectivity index (χ3n) is 1.66. The number of rotatable bonds is 2. The van der Waals surface area contributed by atoms with Crippen LogP contribution in [0.4, 0.5) is 0 Å². The van der Waals surface area contributed by atoms with Crippen molar-refractivity contribution in [2.75, 3.05) is 0 Å². The standard InChI is InChI=1S/C7H7BN2O3/c11-8(12)7-3-6(4-13-7)10-2-1-9-5-10/h1-5,11-12H. The average molecular weight is 178 g/mol. The summed E-state index contributed by atoms with van der Waals surface area (Å²) >= 11 is 0. The fourth-order valence-electron chi connectivity index (χ4n) is 1.02. The van der Waals surface area contributed by atoms with Crippen molar-refractivity contribution in [3.8, 4) is 5.69 Å². The first-order chi connectivity index (χ1) is 6.27. The van der Waals surface area contributed by atoms with Crippen molar-refractivity contribution in [2.45, 2.75) is 0 Å². The predicted octanol–water partition coefficient (Wildman–Crippen LogP) is -0.855. The first kappa shape index (κ1) is 8.09. The van der Waals surface area contributed by atoms with Crippen molar-refractivity contribution in [3.05, 3.63) is 31.1 Å². The number of imidazole rings is 1. The summed E-state index contributed by atoms with van der Waals surface area (Å²) in [6.45, 7) is 0. The van der Waals surface area contributed by atoms with Gasteiger partial charge < -0.3 is 19.0 Å². The van der Waals surface area contributed by atoms with E-state index in [1.54, 1.807) is 23.3 Å². The summed E-state index contributed by atoms with van der Waals surface area (Å²) < 4.78 is 6.60. The number of hydrogen-bond donors (Lipinski definition) is 2. The molecule has 66 valence electrons. The minimum absolute atomic E-state index is 0.115. The van der Waals surface area contributed by atoms with Crippen molar-refractivity contribution in [1.29, 1.82) is 0 Å².